The number of hydrogen-bond acceptors (Lipinski definition) is 7. The number of aliphatic hydroxyl groups is 1. The predicted molar refractivity (Wildman–Crippen MR) is 146 cm³/mol. The Labute approximate surface area is 227 Å². The lowest BCUT2D eigenvalue weighted by atomic mass is 9.95. The fourth-order valence-corrected chi connectivity index (χ4v) is 4.77. The lowest BCUT2D eigenvalue weighted by Crippen LogP contribution is -2.29. The minimum atomic E-state index is -0.869. The van der Waals surface area contributed by atoms with E-state index in [1.54, 1.807) is 66.7 Å². The lowest BCUT2D eigenvalue weighted by Gasteiger charge is -2.25. The molecule has 0 saturated carbocycles. The number of carbonyl (C=O) groups excluding carboxylic acids is 2. The molecule has 1 saturated heterocycles. The maximum absolute atomic E-state index is 13.4. The summed E-state index contributed by atoms with van der Waals surface area (Å²) in [5, 5.41) is 11.4. The van der Waals surface area contributed by atoms with Gasteiger partial charge >= 0.3 is 0 Å². The summed E-state index contributed by atoms with van der Waals surface area (Å²) in [7, 11) is 0. The zero-order chi connectivity index (χ0) is 27.4. The molecule has 0 spiro atoms. The standard InChI is InChI=1S/C31H31NO7/c1-3-5-6-17-37-24-14-9-21(10-15-24)29(33)27-28(20-7-12-23(13-8-20)36-4-2)32(31(35)30(27)34)22-11-16-25-26(18-22)39-19-38-25/h7-16,18,28,33H,3-6,17,19H2,1-2H3/b29-27+. The van der Waals surface area contributed by atoms with E-state index in [2.05, 4.69) is 6.92 Å². The van der Waals surface area contributed by atoms with Gasteiger partial charge in [-0.05, 0) is 67.4 Å². The van der Waals surface area contributed by atoms with Gasteiger partial charge in [0.1, 0.15) is 17.3 Å². The number of ether oxygens (including phenoxy) is 4. The third kappa shape index (κ3) is 5.27. The molecule has 1 fully saturated rings. The molecule has 0 radical (unpaired) electrons. The van der Waals surface area contributed by atoms with Gasteiger partial charge in [0.05, 0.1) is 24.8 Å². The summed E-state index contributed by atoms with van der Waals surface area (Å²) in [4.78, 5) is 28.3. The molecule has 8 nitrogen and oxygen atoms in total. The smallest absolute Gasteiger partial charge is 0.300 e. The Morgan fingerprint density at radius 1 is 0.897 bits per heavy atom. The highest BCUT2D eigenvalue weighted by atomic mass is 16.7. The Hall–Kier alpha value is -4.46. The van der Waals surface area contributed by atoms with Crippen LogP contribution in [0.15, 0.2) is 72.3 Å². The number of hydrogen-bond donors (Lipinski definition) is 1. The van der Waals surface area contributed by atoms with Crippen molar-refractivity contribution in [3.05, 3.63) is 83.4 Å². The zero-order valence-electron chi connectivity index (χ0n) is 22.0. The van der Waals surface area contributed by atoms with E-state index in [9.17, 15) is 14.7 Å². The lowest BCUT2D eigenvalue weighted by molar-refractivity contribution is -0.132. The van der Waals surface area contributed by atoms with E-state index in [0.29, 0.717) is 53.0 Å². The van der Waals surface area contributed by atoms with Crippen LogP contribution in [0.3, 0.4) is 0 Å². The van der Waals surface area contributed by atoms with Gasteiger partial charge in [0.15, 0.2) is 11.5 Å². The number of nitrogens with zero attached hydrogens (tertiary/aromatic N) is 1. The third-order valence-corrected chi connectivity index (χ3v) is 6.73. The van der Waals surface area contributed by atoms with Crippen molar-refractivity contribution >= 4 is 23.1 Å². The Morgan fingerprint density at radius 2 is 1.59 bits per heavy atom. The quantitative estimate of drug-likeness (QED) is 0.149. The fourth-order valence-electron chi connectivity index (χ4n) is 4.77. The molecule has 1 amide bonds. The van der Waals surface area contributed by atoms with E-state index in [-0.39, 0.29) is 18.1 Å². The van der Waals surface area contributed by atoms with Crippen LogP contribution < -0.4 is 23.8 Å². The van der Waals surface area contributed by atoms with E-state index in [0.717, 1.165) is 19.3 Å². The van der Waals surface area contributed by atoms with Gasteiger partial charge in [-0.3, -0.25) is 14.5 Å². The number of benzene rings is 3. The summed E-state index contributed by atoms with van der Waals surface area (Å²) in [5.41, 5.74) is 1.51. The number of fused-ring (bicyclic) bond motifs is 1. The zero-order valence-corrected chi connectivity index (χ0v) is 22.0. The number of carbonyl (C=O) groups is 2. The van der Waals surface area contributed by atoms with Crippen LogP contribution in [0.1, 0.15) is 50.3 Å². The van der Waals surface area contributed by atoms with E-state index < -0.39 is 17.7 Å². The van der Waals surface area contributed by atoms with Gasteiger partial charge in [-0.2, -0.15) is 0 Å². The summed E-state index contributed by atoms with van der Waals surface area (Å²) in [6, 6.07) is 18.2. The molecule has 0 aliphatic carbocycles. The van der Waals surface area contributed by atoms with Crippen LogP contribution >= 0.6 is 0 Å². The van der Waals surface area contributed by atoms with Crippen LogP contribution in [0.25, 0.3) is 5.76 Å². The number of unbranched alkanes of at least 4 members (excludes halogenated alkanes) is 2. The van der Waals surface area contributed by atoms with E-state index in [4.69, 9.17) is 18.9 Å². The molecule has 39 heavy (non-hydrogen) atoms. The summed E-state index contributed by atoms with van der Waals surface area (Å²) >= 11 is 0. The summed E-state index contributed by atoms with van der Waals surface area (Å²) < 4.78 is 22.3. The van der Waals surface area contributed by atoms with Crippen LogP contribution in [0.4, 0.5) is 5.69 Å². The molecule has 202 valence electrons. The second kappa shape index (κ2) is 11.5. The number of rotatable bonds is 10. The Morgan fingerprint density at radius 3 is 2.31 bits per heavy atom. The minimum absolute atomic E-state index is 0.00144. The molecule has 0 bridgehead atoms. The Balaban J connectivity index is 1.54. The molecule has 2 heterocycles. The first-order valence-electron chi connectivity index (χ1n) is 13.2. The average Bonchev–Trinajstić information content (AvgIpc) is 3.53. The first-order valence-corrected chi connectivity index (χ1v) is 13.2. The van der Waals surface area contributed by atoms with Crippen molar-refractivity contribution in [2.24, 2.45) is 0 Å². The number of Topliss-reactive ketones (excluding diaryl/α,β-unsaturated/α-hetero) is 1. The number of anilines is 1. The molecule has 2 aliphatic heterocycles. The maximum atomic E-state index is 13.4. The number of ketones is 1. The maximum Gasteiger partial charge on any atom is 0.300 e. The SMILES string of the molecule is CCCCCOc1ccc(/C(O)=C2\C(=O)C(=O)N(c3ccc4c(c3)OCO4)C2c2ccc(OCC)cc2)cc1. The van der Waals surface area contributed by atoms with Gasteiger partial charge in [-0.25, -0.2) is 0 Å². The summed E-state index contributed by atoms with van der Waals surface area (Å²) in [6.07, 6.45) is 3.16. The average molecular weight is 530 g/mol. The van der Waals surface area contributed by atoms with Crippen LogP contribution in [-0.4, -0.2) is 36.8 Å². The minimum Gasteiger partial charge on any atom is -0.507 e. The summed E-state index contributed by atoms with van der Waals surface area (Å²) in [5.74, 6) is 0.601. The van der Waals surface area contributed by atoms with E-state index in [1.165, 1.54) is 4.90 Å². The molecule has 2 aliphatic rings. The van der Waals surface area contributed by atoms with Gasteiger partial charge in [0, 0.05) is 17.3 Å². The Bertz CT molecular complexity index is 1380. The van der Waals surface area contributed by atoms with E-state index in [1.807, 2.05) is 6.92 Å². The molecular weight excluding hydrogens is 498 g/mol. The largest absolute Gasteiger partial charge is 0.507 e. The van der Waals surface area contributed by atoms with Crippen molar-refractivity contribution in [3.63, 3.8) is 0 Å². The molecule has 8 heteroatoms. The van der Waals surface area contributed by atoms with Gasteiger partial charge in [0.2, 0.25) is 6.79 Å². The van der Waals surface area contributed by atoms with Crippen LogP contribution in [0.5, 0.6) is 23.0 Å². The Kier molecular flexibility index (Phi) is 7.72. The van der Waals surface area contributed by atoms with E-state index >= 15 is 0 Å². The van der Waals surface area contributed by atoms with Crippen molar-refractivity contribution in [3.8, 4) is 23.0 Å². The third-order valence-electron chi connectivity index (χ3n) is 6.73. The van der Waals surface area contributed by atoms with Gasteiger partial charge in [0.25, 0.3) is 11.7 Å². The highest BCUT2D eigenvalue weighted by Gasteiger charge is 2.47. The molecule has 1 unspecified atom stereocenters. The topological polar surface area (TPSA) is 94.5 Å². The highest BCUT2D eigenvalue weighted by Crippen LogP contribution is 2.45. The number of amides is 1. The van der Waals surface area contributed by atoms with Crippen molar-refractivity contribution in [1.82, 2.24) is 0 Å². The first-order chi connectivity index (χ1) is 19.0. The predicted octanol–water partition coefficient (Wildman–Crippen LogP) is 6.01. The molecule has 1 atom stereocenters. The van der Waals surface area contributed by atoms with Gasteiger partial charge < -0.3 is 24.1 Å². The highest BCUT2D eigenvalue weighted by molar-refractivity contribution is 6.51. The second-order valence-corrected chi connectivity index (χ2v) is 9.29. The van der Waals surface area contributed by atoms with Crippen molar-refractivity contribution in [1.29, 1.82) is 0 Å². The number of aliphatic hydroxyl groups excluding tert-OH is 1. The fraction of sp³-hybridized carbons (Fsp3) is 0.290. The first kappa shape index (κ1) is 26.2. The van der Waals surface area contributed by atoms with Crippen LogP contribution in [0, 0.1) is 0 Å². The van der Waals surface area contributed by atoms with Gasteiger partial charge in [-0.1, -0.05) is 31.9 Å². The van der Waals surface area contributed by atoms with Crippen molar-refractivity contribution in [2.45, 2.75) is 39.2 Å². The van der Waals surface area contributed by atoms with Crippen LogP contribution in [-0.2, 0) is 9.59 Å². The normalized spacial score (nSPS) is 17.5. The molecular formula is C31H31NO7. The van der Waals surface area contributed by atoms with Crippen LogP contribution in [0.2, 0.25) is 0 Å². The van der Waals surface area contributed by atoms with Crippen molar-refractivity contribution < 1.29 is 33.6 Å². The molecule has 3 aromatic carbocycles. The molecule has 5 rings (SSSR count). The molecule has 0 aromatic heterocycles. The van der Waals surface area contributed by atoms with Gasteiger partial charge in [-0.15, -0.1) is 0 Å². The molecule has 3 aromatic rings. The second-order valence-electron chi connectivity index (χ2n) is 9.29. The summed E-state index contributed by atoms with van der Waals surface area (Å²) in [6.45, 7) is 5.22. The molecule has 1 N–H and O–H groups in total. The monoisotopic (exact) mass is 529 g/mol. The van der Waals surface area contributed by atoms with Crippen molar-refractivity contribution in [2.75, 3.05) is 24.9 Å².